The molecule has 1 aromatic rings. The number of halogens is 3. The molecule has 4 nitrogen and oxygen atoms in total. The minimum Gasteiger partial charge on any atom is -0.370 e. The summed E-state index contributed by atoms with van der Waals surface area (Å²) in [6.45, 7) is 1.25. The Balaban J connectivity index is 2.23. The predicted molar refractivity (Wildman–Crippen MR) is 70.1 cm³/mol. The number of carbonyl (C=O) groups is 1. The largest absolute Gasteiger partial charge is 0.446 e. The van der Waals surface area contributed by atoms with Crippen LogP contribution in [0.15, 0.2) is 29.2 Å². The van der Waals surface area contributed by atoms with E-state index in [2.05, 4.69) is 5.32 Å². The number of hydrogen-bond acceptors (Lipinski definition) is 4. The van der Waals surface area contributed by atoms with Crippen molar-refractivity contribution in [2.75, 3.05) is 19.8 Å². The molecule has 0 spiro atoms. The Hall–Kier alpha value is -1.25. The molecule has 0 aliphatic rings. The molecule has 8 heteroatoms. The highest BCUT2D eigenvalue weighted by atomic mass is 32.2. The maximum atomic E-state index is 12.1. The summed E-state index contributed by atoms with van der Waals surface area (Å²) in [5, 5.41) is 3.04. The number of nitrogens with one attached hydrogen (secondary N) is 1. The van der Waals surface area contributed by atoms with Gasteiger partial charge in [-0.1, -0.05) is 12.1 Å². The van der Waals surface area contributed by atoms with Crippen molar-refractivity contribution in [1.29, 1.82) is 0 Å². The Morgan fingerprint density at radius 3 is 2.50 bits per heavy atom. The molecule has 0 atom stereocenters. The van der Waals surface area contributed by atoms with Crippen LogP contribution in [-0.2, 0) is 16.1 Å². The lowest BCUT2D eigenvalue weighted by Crippen LogP contribution is -2.23. The number of carbonyl (C=O) groups excluding carboxylic acids is 1. The highest BCUT2D eigenvalue weighted by Crippen LogP contribution is 2.36. The minimum atomic E-state index is -4.27. The zero-order valence-corrected chi connectivity index (χ0v) is 11.4. The lowest BCUT2D eigenvalue weighted by Gasteiger charge is -2.08. The van der Waals surface area contributed by atoms with E-state index < -0.39 is 11.4 Å². The van der Waals surface area contributed by atoms with Crippen molar-refractivity contribution < 1.29 is 22.7 Å². The Morgan fingerprint density at radius 1 is 1.30 bits per heavy atom. The summed E-state index contributed by atoms with van der Waals surface area (Å²) in [6, 6.07) is 6.12. The quantitative estimate of drug-likeness (QED) is 0.568. The second-order valence-electron chi connectivity index (χ2n) is 3.89. The molecule has 0 saturated carbocycles. The van der Waals surface area contributed by atoms with E-state index >= 15 is 0 Å². The van der Waals surface area contributed by atoms with Gasteiger partial charge in [-0.05, 0) is 29.5 Å². The van der Waals surface area contributed by atoms with Gasteiger partial charge in [-0.2, -0.15) is 13.2 Å². The topological polar surface area (TPSA) is 64.4 Å². The fraction of sp³-hybridized carbons (Fsp3) is 0.417. The van der Waals surface area contributed by atoms with E-state index in [4.69, 9.17) is 10.5 Å². The van der Waals surface area contributed by atoms with Crippen molar-refractivity contribution in [2.45, 2.75) is 16.9 Å². The normalized spacial score (nSPS) is 11.6. The summed E-state index contributed by atoms with van der Waals surface area (Å²) in [7, 11) is 0. The van der Waals surface area contributed by atoms with Crippen molar-refractivity contribution in [2.24, 2.45) is 5.73 Å². The van der Waals surface area contributed by atoms with Crippen LogP contribution in [-0.4, -0.2) is 31.2 Å². The summed E-state index contributed by atoms with van der Waals surface area (Å²) in [5.41, 5.74) is 1.49. The molecule has 3 N–H and O–H groups in total. The Labute approximate surface area is 118 Å². The molecule has 1 aromatic carbocycles. The molecule has 0 bridgehead atoms. The summed E-state index contributed by atoms with van der Waals surface area (Å²) in [5.74, 6) is -0.525. The molecule has 0 unspecified atom stereocenters. The highest BCUT2D eigenvalue weighted by molar-refractivity contribution is 8.00. The molecule has 1 amide bonds. The minimum absolute atomic E-state index is 0.120. The van der Waals surface area contributed by atoms with Crippen molar-refractivity contribution in [3.63, 3.8) is 0 Å². The number of rotatable bonds is 8. The van der Waals surface area contributed by atoms with Crippen LogP contribution < -0.4 is 11.1 Å². The number of nitrogens with two attached hydrogens (primary N) is 1. The molecule has 20 heavy (non-hydrogen) atoms. The van der Waals surface area contributed by atoms with Crippen LogP contribution in [0.1, 0.15) is 5.56 Å². The molecule has 112 valence electrons. The van der Waals surface area contributed by atoms with Crippen LogP contribution in [0, 0.1) is 0 Å². The summed E-state index contributed by atoms with van der Waals surface area (Å²) < 4.78 is 41.3. The molecule has 0 aliphatic carbocycles. The number of ether oxygens (including phenoxy) is 1. The Kier molecular flexibility index (Phi) is 6.83. The third-order valence-corrected chi connectivity index (χ3v) is 2.89. The van der Waals surface area contributed by atoms with E-state index in [0.717, 1.165) is 5.56 Å². The van der Waals surface area contributed by atoms with Gasteiger partial charge >= 0.3 is 5.51 Å². The Bertz CT molecular complexity index is 424. The summed E-state index contributed by atoms with van der Waals surface area (Å²) >= 11 is -0.137. The lowest BCUT2D eigenvalue weighted by atomic mass is 10.2. The van der Waals surface area contributed by atoms with E-state index in [0.29, 0.717) is 19.7 Å². The van der Waals surface area contributed by atoms with E-state index in [1.165, 1.54) is 12.1 Å². The monoisotopic (exact) mass is 308 g/mol. The van der Waals surface area contributed by atoms with Crippen LogP contribution in [0.3, 0.4) is 0 Å². The van der Waals surface area contributed by atoms with Crippen LogP contribution in [0.5, 0.6) is 0 Å². The first-order valence-electron chi connectivity index (χ1n) is 5.78. The second kappa shape index (κ2) is 8.13. The first-order valence-corrected chi connectivity index (χ1v) is 6.60. The van der Waals surface area contributed by atoms with E-state index in [1.807, 2.05) is 0 Å². The number of thioether (sulfide) groups is 1. The van der Waals surface area contributed by atoms with Gasteiger partial charge in [-0.3, -0.25) is 4.79 Å². The van der Waals surface area contributed by atoms with Gasteiger partial charge in [-0.15, -0.1) is 0 Å². The molecule has 0 radical (unpaired) electrons. The number of primary amides is 1. The van der Waals surface area contributed by atoms with Gasteiger partial charge in [0.25, 0.3) is 0 Å². The zero-order chi connectivity index (χ0) is 15.0. The third kappa shape index (κ3) is 8.03. The van der Waals surface area contributed by atoms with Gasteiger partial charge in [0.2, 0.25) is 5.91 Å². The van der Waals surface area contributed by atoms with E-state index in [1.54, 1.807) is 12.1 Å². The maximum absolute atomic E-state index is 12.1. The lowest BCUT2D eigenvalue weighted by molar-refractivity contribution is -0.122. The summed E-state index contributed by atoms with van der Waals surface area (Å²) in [6.07, 6.45) is 0. The number of amides is 1. The smallest absolute Gasteiger partial charge is 0.370 e. The summed E-state index contributed by atoms with van der Waals surface area (Å²) in [4.78, 5) is 10.5. The molecular formula is C12H15F3N2O2S. The van der Waals surface area contributed by atoms with Crippen molar-refractivity contribution in [3.05, 3.63) is 29.8 Å². The van der Waals surface area contributed by atoms with Gasteiger partial charge in [0.15, 0.2) is 0 Å². The van der Waals surface area contributed by atoms with E-state index in [-0.39, 0.29) is 23.3 Å². The van der Waals surface area contributed by atoms with Gasteiger partial charge in [0, 0.05) is 18.0 Å². The number of hydrogen-bond donors (Lipinski definition) is 2. The van der Waals surface area contributed by atoms with Crippen molar-refractivity contribution in [3.8, 4) is 0 Å². The van der Waals surface area contributed by atoms with Gasteiger partial charge in [0.1, 0.15) is 6.61 Å². The van der Waals surface area contributed by atoms with Crippen molar-refractivity contribution in [1.82, 2.24) is 5.32 Å². The predicted octanol–water partition coefficient (Wildman–Crippen LogP) is 1.89. The van der Waals surface area contributed by atoms with Gasteiger partial charge in [0.05, 0.1) is 6.61 Å². The van der Waals surface area contributed by atoms with Gasteiger partial charge in [-0.25, -0.2) is 0 Å². The molecule has 0 aromatic heterocycles. The van der Waals surface area contributed by atoms with Gasteiger partial charge < -0.3 is 15.8 Å². The standard InChI is InChI=1S/C12H15F3N2O2S/c13-12(14,15)20-10-3-1-9(2-4-10)7-17-5-6-19-8-11(16)18/h1-4,17H,5-8H2,(H2,16,18). The molecule has 0 heterocycles. The molecule has 0 saturated heterocycles. The number of alkyl halides is 3. The van der Waals surface area contributed by atoms with Crippen LogP contribution in [0.2, 0.25) is 0 Å². The molecule has 0 aliphatic heterocycles. The third-order valence-electron chi connectivity index (χ3n) is 2.15. The van der Waals surface area contributed by atoms with Crippen LogP contribution >= 0.6 is 11.8 Å². The molecule has 1 rings (SSSR count). The Morgan fingerprint density at radius 2 is 1.95 bits per heavy atom. The average molecular weight is 308 g/mol. The SMILES string of the molecule is NC(=O)COCCNCc1ccc(SC(F)(F)F)cc1. The fourth-order valence-corrected chi connectivity index (χ4v) is 1.90. The highest BCUT2D eigenvalue weighted by Gasteiger charge is 2.28. The van der Waals surface area contributed by atoms with Crippen LogP contribution in [0.4, 0.5) is 13.2 Å². The number of benzene rings is 1. The first-order chi connectivity index (χ1) is 9.37. The van der Waals surface area contributed by atoms with Crippen molar-refractivity contribution >= 4 is 17.7 Å². The average Bonchev–Trinajstić information content (AvgIpc) is 2.33. The molecule has 0 fully saturated rings. The second-order valence-corrected chi connectivity index (χ2v) is 5.03. The zero-order valence-electron chi connectivity index (χ0n) is 10.6. The van der Waals surface area contributed by atoms with Crippen LogP contribution in [0.25, 0.3) is 0 Å². The molecular weight excluding hydrogens is 293 g/mol. The first kappa shape index (κ1) is 16.8. The maximum Gasteiger partial charge on any atom is 0.446 e. The van der Waals surface area contributed by atoms with E-state index in [9.17, 15) is 18.0 Å². The fourth-order valence-electron chi connectivity index (χ4n) is 1.36.